The van der Waals surface area contributed by atoms with Crippen molar-refractivity contribution < 1.29 is 24.0 Å². The molecule has 0 aliphatic heterocycles. The monoisotopic (exact) mass is 320 g/mol. The minimum Gasteiger partial charge on any atom is -0.652 e. The molecule has 0 unspecified atom stereocenters. The summed E-state index contributed by atoms with van der Waals surface area (Å²) >= 11 is 0. The fourth-order valence-corrected chi connectivity index (χ4v) is 1.49. The van der Waals surface area contributed by atoms with Crippen LogP contribution in [0.25, 0.3) is 0 Å². The van der Waals surface area contributed by atoms with Crippen LogP contribution < -0.4 is 10.2 Å². The maximum Gasteiger partial charge on any atom is 0.0782 e. The van der Waals surface area contributed by atoms with Gasteiger partial charge in [0.25, 0.3) is 0 Å². The molecular formula is C17H40N2O3. The Morgan fingerprint density at radius 3 is 1.09 bits per heavy atom. The van der Waals surface area contributed by atoms with Gasteiger partial charge in [0, 0.05) is 0 Å². The van der Waals surface area contributed by atoms with Crippen molar-refractivity contribution in [3.8, 4) is 0 Å². The third-order valence-electron chi connectivity index (χ3n) is 3.95. The zero-order valence-electron chi connectivity index (χ0n) is 16.3. The van der Waals surface area contributed by atoms with Gasteiger partial charge in [-0.05, 0) is 32.8 Å². The predicted molar refractivity (Wildman–Crippen MR) is 90.2 cm³/mol. The second kappa shape index (κ2) is 15.1. The van der Waals surface area contributed by atoms with E-state index < -0.39 is 6.16 Å². The molecule has 0 amide bonds. The van der Waals surface area contributed by atoms with E-state index in [9.17, 15) is 0 Å². The lowest BCUT2D eigenvalue weighted by atomic mass is 10.3. The van der Waals surface area contributed by atoms with E-state index in [2.05, 4.69) is 55.9 Å². The van der Waals surface area contributed by atoms with Gasteiger partial charge in [-0.2, -0.15) is 0 Å². The van der Waals surface area contributed by atoms with Crippen molar-refractivity contribution in [2.24, 2.45) is 0 Å². The summed E-state index contributed by atoms with van der Waals surface area (Å²) in [4.78, 5) is 8.33. The molecular weight excluding hydrogens is 280 g/mol. The fraction of sp³-hybridized carbons (Fsp3) is 0.941. The van der Waals surface area contributed by atoms with Gasteiger partial charge in [0.1, 0.15) is 0 Å². The van der Waals surface area contributed by atoms with Crippen LogP contribution in [0.3, 0.4) is 0 Å². The van der Waals surface area contributed by atoms with Crippen LogP contribution in [-0.2, 0) is 0 Å². The lowest BCUT2D eigenvalue weighted by molar-refractivity contribution is -0.888. The summed E-state index contributed by atoms with van der Waals surface area (Å²) in [5.41, 5.74) is 0. The lowest BCUT2D eigenvalue weighted by Crippen LogP contribution is -2.39. The highest BCUT2D eigenvalue weighted by Crippen LogP contribution is 2.00. The first kappa shape index (κ1) is 26.1. The molecule has 0 rings (SSSR count). The first-order valence-electron chi connectivity index (χ1n) is 8.49. The van der Waals surface area contributed by atoms with Gasteiger partial charge < -0.3 is 24.0 Å². The molecule has 0 radical (unpaired) electrons. The van der Waals surface area contributed by atoms with E-state index in [4.69, 9.17) is 15.0 Å². The number of carbonyl (C=O) groups is 1. The van der Waals surface area contributed by atoms with Crippen LogP contribution >= 0.6 is 0 Å². The molecule has 5 nitrogen and oxygen atoms in total. The van der Waals surface area contributed by atoms with Gasteiger partial charge in [-0.3, -0.25) is 0 Å². The van der Waals surface area contributed by atoms with Crippen LogP contribution in [0.4, 0.5) is 4.79 Å². The minimum atomic E-state index is -2.33. The number of hydrogen-bond donors (Lipinski definition) is 0. The normalized spacial score (nSPS) is 10.9. The quantitative estimate of drug-likeness (QED) is 0.634. The molecule has 0 aromatic carbocycles. The van der Waals surface area contributed by atoms with Crippen molar-refractivity contribution >= 4 is 6.16 Å². The van der Waals surface area contributed by atoms with Crippen molar-refractivity contribution in [1.29, 1.82) is 0 Å². The zero-order valence-corrected chi connectivity index (χ0v) is 16.3. The van der Waals surface area contributed by atoms with Crippen molar-refractivity contribution in [3.05, 3.63) is 0 Å². The highest BCUT2D eigenvalue weighted by Gasteiger charge is 2.09. The topological polar surface area (TPSA) is 63.2 Å². The first-order valence-corrected chi connectivity index (χ1v) is 8.49. The van der Waals surface area contributed by atoms with E-state index in [1.807, 2.05) is 0 Å². The summed E-state index contributed by atoms with van der Waals surface area (Å²) in [5.74, 6) is 0. The van der Waals surface area contributed by atoms with E-state index in [1.54, 1.807) is 0 Å². The average Bonchev–Trinajstić information content (AvgIpc) is 2.43. The maximum atomic E-state index is 8.33. The highest BCUT2D eigenvalue weighted by molar-refractivity contribution is 5.47. The molecule has 0 aliphatic carbocycles. The van der Waals surface area contributed by atoms with Gasteiger partial charge in [0.2, 0.25) is 0 Å². The second-order valence-electron chi connectivity index (χ2n) is 6.91. The van der Waals surface area contributed by atoms with Gasteiger partial charge in [-0.25, -0.2) is 0 Å². The Labute approximate surface area is 138 Å². The van der Waals surface area contributed by atoms with Gasteiger partial charge in [-0.15, -0.1) is 0 Å². The Morgan fingerprint density at radius 1 is 0.727 bits per heavy atom. The summed E-state index contributed by atoms with van der Waals surface area (Å²) < 4.78 is 2.35. The molecule has 0 aliphatic rings. The Morgan fingerprint density at radius 2 is 0.955 bits per heavy atom. The van der Waals surface area contributed by atoms with Crippen molar-refractivity contribution in [3.63, 3.8) is 0 Å². The van der Waals surface area contributed by atoms with Crippen molar-refractivity contribution in [2.75, 3.05) is 54.4 Å². The zero-order chi connectivity index (χ0) is 18.2. The summed E-state index contributed by atoms with van der Waals surface area (Å²) in [7, 11) is 9.15. The molecule has 0 saturated carbocycles. The van der Waals surface area contributed by atoms with Crippen molar-refractivity contribution in [1.82, 2.24) is 0 Å². The summed E-state index contributed by atoms with van der Waals surface area (Å²) in [5, 5.41) is 16.7. The molecule has 0 aromatic heterocycles. The van der Waals surface area contributed by atoms with Crippen LogP contribution in [-0.4, -0.2) is 69.5 Å². The molecule has 0 heterocycles. The molecule has 22 heavy (non-hydrogen) atoms. The molecule has 5 heteroatoms. The minimum absolute atomic E-state index is 1.17. The summed E-state index contributed by atoms with van der Waals surface area (Å²) in [6, 6.07) is 0. The number of hydrogen-bond acceptors (Lipinski definition) is 3. The van der Waals surface area contributed by atoms with E-state index in [1.165, 1.54) is 60.8 Å². The molecule has 0 aromatic rings. The molecule has 0 saturated heterocycles. The van der Waals surface area contributed by atoms with E-state index in [-0.39, 0.29) is 0 Å². The third kappa shape index (κ3) is 27.5. The molecule has 0 fully saturated rings. The Kier molecular flexibility index (Phi) is 17.9. The van der Waals surface area contributed by atoms with Crippen LogP contribution in [0.2, 0.25) is 0 Å². The van der Waals surface area contributed by atoms with E-state index in [0.29, 0.717) is 0 Å². The number of carboxylic acid groups (broad SMARTS) is 2. The van der Waals surface area contributed by atoms with Gasteiger partial charge in [-0.1, -0.05) is 26.7 Å². The maximum absolute atomic E-state index is 8.33. The number of carbonyl (C=O) groups excluding carboxylic acids is 1. The van der Waals surface area contributed by atoms with Gasteiger partial charge >= 0.3 is 0 Å². The standard InChI is InChI=1S/2C8H20N.CH2O3/c2*1-5-7-8-9(3,4)6-2;2-1(3)4/h2*5-8H2,1-4H3;(H2,2,3,4)/q2*+1;/p-2. The number of rotatable bonds is 8. The van der Waals surface area contributed by atoms with E-state index in [0.717, 1.165) is 0 Å². The smallest absolute Gasteiger partial charge is 0.0782 e. The van der Waals surface area contributed by atoms with Crippen LogP contribution in [0.15, 0.2) is 0 Å². The highest BCUT2D eigenvalue weighted by atomic mass is 16.6. The third-order valence-corrected chi connectivity index (χ3v) is 3.95. The predicted octanol–water partition coefficient (Wildman–Crippen LogP) is 1.32. The Balaban J connectivity index is -0.000000266. The first-order chi connectivity index (χ1) is 9.97. The van der Waals surface area contributed by atoms with Crippen molar-refractivity contribution in [2.45, 2.75) is 53.4 Å². The molecule has 0 atom stereocenters. The van der Waals surface area contributed by atoms with Crippen LogP contribution in [0, 0.1) is 0 Å². The molecule has 0 N–H and O–H groups in total. The van der Waals surface area contributed by atoms with Gasteiger partial charge in [0.15, 0.2) is 0 Å². The SMILES string of the molecule is CCCC[N+](C)(C)CC.CCCC[N+](C)(C)CC.O=C([O-])[O-]. The van der Waals surface area contributed by atoms with Crippen LogP contribution in [0.1, 0.15) is 53.4 Å². The lowest BCUT2D eigenvalue weighted by Gasteiger charge is -2.27. The fourth-order valence-electron chi connectivity index (χ4n) is 1.49. The second-order valence-corrected chi connectivity index (χ2v) is 6.91. The molecule has 0 spiro atoms. The summed E-state index contributed by atoms with van der Waals surface area (Å²) in [6.45, 7) is 14.1. The van der Waals surface area contributed by atoms with E-state index >= 15 is 0 Å². The summed E-state index contributed by atoms with van der Waals surface area (Å²) in [6.07, 6.45) is 3.03. The molecule has 136 valence electrons. The van der Waals surface area contributed by atoms with Crippen LogP contribution in [0.5, 0.6) is 0 Å². The van der Waals surface area contributed by atoms with Gasteiger partial charge in [0.05, 0.1) is 54.4 Å². The number of quaternary nitrogens is 2. The number of nitrogens with zero attached hydrogens (tertiary/aromatic N) is 2. The largest absolute Gasteiger partial charge is 0.652 e. The number of unbranched alkanes of at least 4 members (excludes halogenated alkanes) is 2. The Hall–Kier alpha value is -0.810. The average molecular weight is 321 g/mol. The Bertz CT molecular complexity index is 230. The molecule has 0 bridgehead atoms.